The Labute approximate surface area is 241 Å². The first-order valence-corrected chi connectivity index (χ1v) is 15.1. The molecule has 0 aromatic heterocycles. The van der Waals surface area contributed by atoms with Crippen molar-refractivity contribution in [3.05, 3.63) is 114 Å². The Morgan fingerprint density at radius 1 is 0.805 bits per heavy atom. The highest BCUT2D eigenvalue weighted by atomic mass is 32.2. The lowest BCUT2D eigenvalue weighted by molar-refractivity contribution is -0.145. The highest BCUT2D eigenvalue weighted by Gasteiger charge is 2.15. The third kappa shape index (κ3) is 9.01. The highest BCUT2D eigenvalue weighted by Crippen LogP contribution is 2.31. The van der Waals surface area contributed by atoms with Gasteiger partial charge in [0.1, 0.15) is 17.2 Å². The number of nitrogens with zero attached hydrogens (tertiary/aromatic N) is 1. The normalized spacial score (nSPS) is 11.0. The third-order valence-corrected chi connectivity index (χ3v) is 6.75. The second-order valence-electron chi connectivity index (χ2n) is 9.48. The van der Waals surface area contributed by atoms with Gasteiger partial charge in [0.25, 0.3) is 0 Å². The largest absolute Gasteiger partial charge is 0.482 e. The molecule has 0 heterocycles. The van der Waals surface area contributed by atoms with E-state index in [0.717, 1.165) is 28.6 Å². The molecular weight excluding hydrogens is 540 g/mol. The van der Waals surface area contributed by atoms with E-state index >= 15 is 0 Å². The second kappa shape index (κ2) is 13.7. The number of carbonyl (C=O) groups excluding carboxylic acids is 1. The first kappa shape index (κ1) is 29.5. The van der Waals surface area contributed by atoms with Gasteiger partial charge >= 0.3 is 5.97 Å². The van der Waals surface area contributed by atoms with Crippen molar-refractivity contribution >= 4 is 27.4 Å². The molecule has 4 aromatic rings. The van der Waals surface area contributed by atoms with E-state index in [1.807, 2.05) is 67.6 Å². The fourth-order valence-corrected chi connectivity index (χ4v) is 4.92. The van der Waals surface area contributed by atoms with Gasteiger partial charge in [-0.2, -0.15) is 0 Å². The number of anilines is 2. The van der Waals surface area contributed by atoms with Gasteiger partial charge in [-0.1, -0.05) is 54.6 Å². The van der Waals surface area contributed by atoms with Gasteiger partial charge in [0.05, 0.1) is 18.6 Å². The molecule has 0 unspecified atom stereocenters. The number of ether oxygens (including phenoxy) is 3. The summed E-state index contributed by atoms with van der Waals surface area (Å²) in [5.74, 6) is 1.31. The fourth-order valence-electron chi connectivity index (χ4n) is 4.30. The van der Waals surface area contributed by atoms with E-state index in [0.29, 0.717) is 42.6 Å². The summed E-state index contributed by atoms with van der Waals surface area (Å²) < 4.78 is 42.9. The SMILES string of the molecule is CCOC(=O)COc1cccc(Oc2ccc(CN(Cc3ccccc3)c3cccc(NS(C)(=O)=O)c3C)cc2)c1. The lowest BCUT2D eigenvalue weighted by Crippen LogP contribution is -2.23. The van der Waals surface area contributed by atoms with Gasteiger partial charge in [0.2, 0.25) is 10.0 Å². The van der Waals surface area contributed by atoms with Crippen LogP contribution in [0.4, 0.5) is 11.4 Å². The van der Waals surface area contributed by atoms with Crippen molar-refractivity contribution in [3.63, 3.8) is 0 Å². The predicted molar refractivity (Wildman–Crippen MR) is 161 cm³/mol. The van der Waals surface area contributed by atoms with Gasteiger partial charge in [0.15, 0.2) is 6.61 Å². The van der Waals surface area contributed by atoms with Crippen molar-refractivity contribution in [2.75, 3.05) is 29.1 Å². The quantitative estimate of drug-likeness (QED) is 0.187. The Morgan fingerprint density at radius 2 is 1.46 bits per heavy atom. The van der Waals surface area contributed by atoms with Crippen LogP contribution in [-0.2, 0) is 32.6 Å². The zero-order valence-corrected chi connectivity index (χ0v) is 24.2. The lowest BCUT2D eigenvalue weighted by Gasteiger charge is -2.28. The molecule has 214 valence electrons. The van der Waals surface area contributed by atoms with Crippen LogP contribution in [0.5, 0.6) is 17.2 Å². The van der Waals surface area contributed by atoms with Gasteiger partial charge in [-0.3, -0.25) is 4.72 Å². The van der Waals surface area contributed by atoms with Crippen LogP contribution >= 0.6 is 0 Å². The maximum atomic E-state index is 11.9. The molecule has 4 rings (SSSR count). The molecule has 1 N–H and O–H groups in total. The predicted octanol–water partition coefficient (Wildman–Crippen LogP) is 6.31. The summed E-state index contributed by atoms with van der Waals surface area (Å²) in [6.45, 7) is 5.03. The van der Waals surface area contributed by atoms with Crippen molar-refractivity contribution in [2.45, 2.75) is 26.9 Å². The number of esters is 1. The number of benzene rings is 4. The monoisotopic (exact) mass is 574 g/mol. The lowest BCUT2D eigenvalue weighted by atomic mass is 10.1. The molecule has 0 aliphatic heterocycles. The molecule has 0 amide bonds. The Bertz CT molecular complexity index is 1560. The number of hydrogen-bond acceptors (Lipinski definition) is 7. The summed E-state index contributed by atoms with van der Waals surface area (Å²) in [6.07, 6.45) is 1.15. The van der Waals surface area contributed by atoms with Crippen molar-refractivity contribution in [2.24, 2.45) is 0 Å². The number of sulfonamides is 1. The molecule has 0 bridgehead atoms. The van der Waals surface area contributed by atoms with Crippen LogP contribution in [0, 0.1) is 6.92 Å². The van der Waals surface area contributed by atoms with E-state index in [2.05, 4.69) is 21.8 Å². The molecule has 0 fully saturated rings. The summed E-state index contributed by atoms with van der Waals surface area (Å²) >= 11 is 0. The van der Waals surface area contributed by atoms with Gasteiger partial charge in [-0.25, -0.2) is 13.2 Å². The molecule has 8 nitrogen and oxygen atoms in total. The first-order chi connectivity index (χ1) is 19.7. The molecule has 0 aliphatic carbocycles. The summed E-state index contributed by atoms with van der Waals surface area (Å²) in [5.41, 5.74) is 4.53. The summed E-state index contributed by atoms with van der Waals surface area (Å²) in [7, 11) is -3.41. The molecule has 0 radical (unpaired) electrons. The summed E-state index contributed by atoms with van der Waals surface area (Å²) in [5, 5.41) is 0. The topological polar surface area (TPSA) is 94.2 Å². The van der Waals surface area contributed by atoms with E-state index in [1.165, 1.54) is 0 Å². The number of nitrogens with one attached hydrogen (secondary N) is 1. The number of hydrogen-bond donors (Lipinski definition) is 1. The molecule has 0 atom stereocenters. The fraction of sp³-hybridized carbons (Fsp3) is 0.219. The molecule has 9 heteroatoms. The summed E-state index contributed by atoms with van der Waals surface area (Å²) in [6, 6.07) is 30.6. The molecule has 0 aliphatic rings. The number of carbonyl (C=O) groups is 1. The van der Waals surface area contributed by atoms with Gasteiger partial charge in [-0.15, -0.1) is 0 Å². The van der Waals surface area contributed by atoms with Gasteiger partial charge < -0.3 is 19.1 Å². The third-order valence-electron chi connectivity index (χ3n) is 6.16. The van der Waals surface area contributed by atoms with Crippen LogP contribution in [0.25, 0.3) is 0 Å². The van der Waals surface area contributed by atoms with Crippen LogP contribution in [0.2, 0.25) is 0 Å². The average Bonchev–Trinajstić information content (AvgIpc) is 2.94. The van der Waals surface area contributed by atoms with Crippen molar-refractivity contribution in [3.8, 4) is 17.2 Å². The van der Waals surface area contributed by atoms with Crippen LogP contribution in [0.15, 0.2) is 97.1 Å². The standard InChI is InChI=1S/C32H34N2O6S/c1-4-38-32(35)23-39-28-12-8-13-29(20-28)40-27-18-16-26(17-19-27)22-34(21-25-10-6-5-7-11-25)31-15-9-14-30(24(31)2)33-41(3,36)37/h5-20,33H,4,21-23H2,1-3H3. The van der Waals surface area contributed by atoms with E-state index in [9.17, 15) is 13.2 Å². The van der Waals surface area contributed by atoms with Gasteiger partial charge in [0, 0.05) is 24.8 Å². The van der Waals surface area contributed by atoms with Crippen LogP contribution in [0.1, 0.15) is 23.6 Å². The zero-order valence-electron chi connectivity index (χ0n) is 23.4. The van der Waals surface area contributed by atoms with Crippen molar-refractivity contribution in [1.82, 2.24) is 0 Å². The Morgan fingerprint density at radius 3 is 2.15 bits per heavy atom. The van der Waals surface area contributed by atoms with E-state index in [-0.39, 0.29) is 6.61 Å². The van der Waals surface area contributed by atoms with Crippen molar-refractivity contribution in [1.29, 1.82) is 0 Å². The molecule has 0 spiro atoms. The Hall–Kier alpha value is -4.50. The van der Waals surface area contributed by atoms with E-state index in [4.69, 9.17) is 14.2 Å². The minimum absolute atomic E-state index is 0.168. The number of rotatable bonds is 13. The minimum Gasteiger partial charge on any atom is -0.482 e. The maximum Gasteiger partial charge on any atom is 0.344 e. The second-order valence-corrected chi connectivity index (χ2v) is 11.2. The first-order valence-electron chi connectivity index (χ1n) is 13.2. The maximum absolute atomic E-state index is 11.9. The van der Waals surface area contributed by atoms with E-state index < -0.39 is 16.0 Å². The average molecular weight is 575 g/mol. The minimum atomic E-state index is -3.41. The Kier molecular flexibility index (Phi) is 9.86. The van der Waals surface area contributed by atoms with Crippen LogP contribution < -0.4 is 19.1 Å². The Balaban J connectivity index is 1.50. The molecular formula is C32H34N2O6S. The van der Waals surface area contributed by atoms with Crippen LogP contribution in [0.3, 0.4) is 0 Å². The molecule has 4 aromatic carbocycles. The molecule has 0 saturated heterocycles. The van der Waals surface area contributed by atoms with Crippen LogP contribution in [-0.4, -0.2) is 33.9 Å². The molecule has 0 saturated carbocycles. The van der Waals surface area contributed by atoms with Gasteiger partial charge in [-0.05, 0) is 66.9 Å². The molecule has 41 heavy (non-hydrogen) atoms. The highest BCUT2D eigenvalue weighted by molar-refractivity contribution is 7.92. The van der Waals surface area contributed by atoms with Crippen molar-refractivity contribution < 1.29 is 27.4 Å². The zero-order chi connectivity index (χ0) is 29.2. The smallest absolute Gasteiger partial charge is 0.344 e. The summed E-state index contributed by atoms with van der Waals surface area (Å²) in [4.78, 5) is 13.8. The van der Waals surface area contributed by atoms with E-state index in [1.54, 1.807) is 31.2 Å².